The van der Waals surface area contributed by atoms with Crippen molar-refractivity contribution in [2.24, 2.45) is 0 Å². The van der Waals surface area contributed by atoms with E-state index in [0.29, 0.717) is 6.04 Å². The van der Waals surface area contributed by atoms with Gasteiger partial charge in [-0.2, -0.15) is 0 Å². The van der Waals surface area contributed by atoms with Crippen molar-refractivity contribution >= 4 is 10.9 Å². The van der Waals surface area contributed by atoms with Gasteiger partial charge in [0.05, 0.1) is 0 Å². The molecule has 3 heterocycles. The van der Waals surface area contributed by atoms with Crippen molar-refractivity contribution in [3.05, 3.63) is 45.2 Å². The van der Waals surface area contributed by atoms with E-state index in [9.17, 15) is 4.79 Å². The Hall–Kier alpha value is -1.65. The molecular formula is C20H25N3O. The predicted molar refractivity (Wildman–Crippen MR) is 96.5 cm³/mol. The van der Waals surface area contributed by atoms with Gasteiger partial charge in [0, 0.05) is 43.3 Å². The van der Waals surface area contributed by atoms with Gasteiger partial charge in [-0.05, 0) is 73.4 Å². The first-order valence-electron chi connectivity index (χ1n) is 9.40. The number of pyridine rings is 1. The van der Waals surface area contributed by atoms with Gasteiger partial charge in [0.15, 0.2) is 0 Å². The Bertz CT molecular complexity index is 841. The minimum Gasteiger partial charge on any atom is -0.322 e. The van der Waals surface area contributed by atoms with Crippen LogP contribution in [0.3, 0.4) is 0 Å². The fourth-order valence-corrected chi connectivity index (χ4v) is 4.88. The number of H-pyrrole nitrogens is 1. The summed E-state index contributed by atoms with van der Waals surface area (Å²) < 4.78 is 0. The Morgan fingerprint density at radius 3 is 2.83 bits per heavy atom. The Kier molecular flexibility index (Phi) is 3.49. The standard InChI is InChI=1S/C20H25N3O/c24-20-17(12-22-7-8-23-6-2-5-18(23)13-22)10-16-9-14-3-1-4-15(14)11-19(16)21-20/h9-11,18H,1-8,12-13H2,(H,21,24)/t18-/m1/s1. The van der Waals surface area contributed by atoms with E-state index in [1.54, 1.807) is 0 Å². The lowest BCUT2D eigenvalue weighted by Gasteiger charge is -2.37. The van der Waals surface area contributed by atoms with Crippen LogP contribution in [-0.4, -0.2) is 47.0 Å². The zero-order chi connectivity index (χ0) is 16.1. The summed E-state index contributed by atoms with van der Waals surface area (Å²) in [4.78, 5) is 20.8. The first-order chi connectivity index (χ1) is 11.8. The van der Waals surface area contributed by atoms with Crippen molar-refractivity contribution in [1.82, 2.24) is 14.8 Å². The van der Waals surface area contributed by atoms with Crippen LogP contribution in [0.5, 0.6) is 0 Å². The molecule has 4 nitrogen and oxygen atoms in total. The first kappa shape index (κ1) is 14.7. The molecule has 0 unspecified atom stereocenters. The Balaban J connectivity index is 1.43. The van der Waals surface area contributed by atoms with Crippen LogP contribution < -0.4 is 5.56 Å². The Labute approximate surface area is 142 Å². The molecule has 1 aromatic heterocycles. The van der Waals surface area contributed by atoms with Crippen molar-refractivity contribution in [2.75, 3.05) is 26.2 Å². The maximum Gasteiger partial charge on any atom is 0.252 e. The van der Waals surface area contributed by atoms with E-state index in [2.05, 4.69) is 33.0 Å². The Morgan fingerprint density at radius 1 is 1.04 bits per heavy atom. The van der Waals surface area contributed by atoms with Gasteiger partial charge in [0.25, 0.3) is 5.56 Å². The highest BCUT2D eigenvalue weighted by Crippen LogP contribution is 2.27. The van der Waals surface area contributed by atoms with Crippen molar-refractivity contribution in [3.63, 3.8) is 0 Å². The molecule has 2 saturated heterocycles. The first-order valence-corrected chi connectivity index (χ1v) is 9.40. The number of hydrogen-bond acceptors (Lipinski definition) is 3. The fourth-order valence-electron chi connectivity index (χ4n) is 4.88. The van der Waals surface area contributed by atoms with E-state index >= 15 is 0 Å². The lowest BCUT2D eigenvalue weighted by atomic mass is 10.0. The fraction of sp³-hybridized carbons (Fsp3) is 0.550. The van der Waals surface area contributed by atoms with Crippen LogP contribution in [0, 0.1) is 0 Å². The summed E-state index contributed by atoms with van der Waals surface area (Å²) in [5, 5.41) is 1.20. The molecule has 5 rings (SSSR count). The van der Waals surface area contributed by atoms with Gasteiger partial charge in [0.2, 0.25) is 0 Å². The predicted octanol–water partition coefficient (Wildman–Crippen LogP) is 2.30. The molecule has 2 aliphatic heterocycles. The third-order valence-corrected chi connectivity index (χ3v) is 6.20. The van der Waals surface area contributed by atoms with Crippen LogP contribution in [0.2, 0.25) is 0 Å². The smallest absolute Gasteiger partial charge is 0.252 e. The van der Waals surface area contributed by atoms with Crippen LogP contribution >= 0.6 is 0 Å². The maximum atomic E-state index is 12.5. The number of aromatic amines is 1. The monoisotopic (exact) mass is 323 g/mol. The highest BCUT2D eigenvalue weighted by molar-refractivity contribution is 5.81. The molecule has 2 fully saturated rings. The second kappa shape index (κ2) is 5.71. The maximum absolute atomic E-state index is 12.5. The minimum absolute atomic E-state index is 0.0919. The molecule has 1 aliphatic carbocycles. The Morgan fingerprint density at radius 2 is 1.92 bits per heavy atom. The molecule has 3 aliphatic rings. The number of piperazine rings is 1. The van der Waals surface area contributed by atoms with Crippen LogP contribution in [0.4, 0.5) is 0 Å². The van der Waals surface area contributed by atoms with Crippen LogP contribution in [0.25, 0.3) is 10.9 Å². The summed E-state index contributed by atoms with van der Waals surface area (Å²) in [5.41, 5.74) is 4.91. The largest absolute Gasteiger partial charge is 0.322 e. The van der Waals surface area contributed by atoms with E-state index in [0.717, 1.165) is 43.7 Å². The number of aryl methyl sites for hydroxylation is 2. The van der Waals surface area contributed by atoms with E-state index in [1.807, 2.05) is 0 Å². The van der Waals surface area contributed by atoms with E-state index in [-0.39, 0.29) is 5.56 Å². The number of nitrogens with one attached hydrogen (secondary N) is 1. The van der Waals surface area contributed by atoms with Crippen molar-refractivity contribution in [1.29, 1.82) is 0 Å². The molecule has 1 aromatic carbocycles. The number of fused-ring (bicyclic) bond motifs is 3. The third-order valence-electron chi connectivity index (χ3n) is 6.20. The molecule has 24 heavy (non-hydrogen) atoms. The van der Waals surface area contributed by atoms with Gasteiger partial charge in [-0.15, -0.1) is 0 Å². The van der Waals surface area contributed by atoms with Crippen LogP contribution in [0.1, 0.15) is 36.0 Å². The van der Waals surface area contributed by atoms with Crippen molar-refractivity contribution in [2.45, 2.75) is 44.7 Å². The number of benzene rings is 1. The van der Waals surface area contributed by atoms with Crippen molar-refractivity contribution in [3.8, 4) is 0 Å². The van der Waals surface area contributed by atoms with Gasteiger partial charge >= 0.3 is 0 Å². The summed E-state index contributed by atoms with van der Waals surface area (Å²) in [7, 11) is 0. The van der Waals surface area contributed by atoms with Gasteiger partial charge in [-0.3, -0.25) is 14.6 Å². The van der Waals surface area contributed by atoms with Crippen molar-refractivity contribution < 1.29 is 0 Å². The number of aromatic nitrogens is 1. The molecule has 1 N–H and O–H groups in total. The van der Waals surface area contributed by atoms with Gasteiger partial charge in [-0.1, -0.05) is 0 Å². The second-order valence-electron chi connectivity index (χ2n) is 7.75. The SMILES string of the molecule is O=c1[nH]c2cc3c(cc2cc1CN1CCN2CCC[C@@H]2C1)CCC3. The molecule has 0 spiro atoms. The lowest BCUT2D eigenvalue weighted by molar-refractivity contribution is 0.0991. The van der Waals surface area contributed by atoms with Crippen LogP contribution in [-0.2, 0) is 19.4 Å². The highest BCUT2D eigenvalue weighted by Gasteiger charge is 2.30. The molecular weight excluding hydrogens is 298 g/mol. The molecule has 2 aromatic rings. The molecule has 0 bridgehead atoms. The normalized spacial score (nSPS) is 24.4. The molecule has 0 radical (unpaired) electrons. The third kappa shape index (κ3) is 2.49. The molecule has 0 saturated carbocycles. The average Bonchev–Trinajstić information content (AvgIpc) is 3.21. The lowest BCUT2D eigenvalue weighted by Crippen LogP contribution is -2.49. The summed E-state index contributed by atoms with van der Waals surface area (Å²) in [6, 6.07) is 7.33. The quantitative estimate of drug-likeness (QED) is 0.922. The second-order valence-corrected chi connectivity index (χ2v) is 7.75. The highest BCUT2D eigenvalue weighted by atomic mass is 16.1. The molecule has 126 valence electrons. The van der Waals surface area contributed by atoms with Gasteiger partial charge < -0.3 is 4.98 Å². The van der Waals surface area contributed by atoms with Gasteiger partial charge in [0.1, 0.15) is 0 Å². The zero-order valence-corrected chi connectivity index (χ0v) is 14.2. The summed E-state index contributed by atoms with van der Waals surface area (Å²) in [6.07, 6.45) is 6.23. The average molecular weight is 323 g/mol. The summed E-state index contributed by atoms with van der Waals surface area (Å²) in [5.74, 6) is 0. The topological polar surface area (TPSA) is 39.3 Å². The number of nitrogens with zero attached hydrogens (tertiary/aromatic N) is 2. The zero-order valence-electron chi connectivity index (χ0n) is 14.2. The summed E-state index contributed by atoms with van der Waals surface area (Å²) >= 11 is 0. The van der Waals surface area contributed by atoms with Gasteiger partial charge in [-0.25, -0.2) is 0 Å². The van der Waals surface area contributed by atoms with Crippen LogP contribution in [0.15, 0.2) is 23.0 Å². The van der Waals surface area contributed by atoms with E-state index in [4.69, 9.17) is 0 Å². The summed E-state index contributed by atoms with van der Waals surface area (Å²) in [6.45, 7) is 5.40. The minimum atomic E-state index is 0.0919. The molecule has 1 atom stereocenters. The molecule has 0 amide bonds. The van der Waals surface area contributed by atoms with E-state index in [1.165, 1.54) is 48.7 Å². The number of rotatable bonds is 2. The number of hydrogen-bond donors (Lipinski definition) is 1. The van der Waals surface area contributed by atoms with E-state index < -0.39 is 0 Å². The molecule has 4 heteroatoms.